The molecule has 1 aliphatic heterocycles. The van der Waals surface area contributed by atoms with Crippen molar-refractivity contribution in [1.82, 2.24) is 9.88 Å². The van der Waals surface area contributed by atoms with Crippen LogP contribution in [0.25, 0.3) is 5.76 Å². The highest BCUT2D eigenvalue weighted by atomic mass is 35.5. The molecule has 1 atom stereocenters. The number of ketones is 1. The Morgan fingerprint density at radius 3 is 2.39 bits per heavy atom. The lowest BCUT2D eigenvalue weighted by Gasteiger charge is -2.25. The molecule has 0 saturated carbocycles. The van der Waals surface area contributed by atoms with Gasteiger partial charge in [-0.15, -0.1) is 0 Å². The Morgan fingerprint density at radius 2 is 1.79 bits per heavy atom. The van der Waals surface area contributed by atoms with E-state index in [-0.39, 0.29) is 24.0 Å². The lowest BCUT2D eigenvalue weighted by Crippen LogP contribution is -2.29. The summed E-state index contributed by atoms with van der Waals surface area (Å²) in [5.41, 5.74) is 1.90. The van der Waals surface area contributed by atoms with Crippen LogP contribution in [0.3, 0.4) is 0 Å². The minimum atomic E-state index is -0.769. The number of Topliss-reactive ketones (excluding diaryl/α,β-unsaturated/α-hetero) is 1. The zero-order valence-electron chi connectivity index (χ0n) is 18.2. The predicted molar refractivity (Wildman–Crippen MR) is 126 cm³/mol. The number of carbonyl (C=O) groups is 2. The lowest BCUT2D eigenvalue weighted by atomic mass is 9.95. The van der Waals surface area contributed by atoms with Gasteiger partial charge < -0.3 is 14.7 Å². The summed E-state index contributed by atoms with van der Waals surface area (Å²) < 4.78 is 5.72. The molecule has 1 saturated heterocycles. The normalized spacial score (nSPS) is 17.6. The van der Waals surface area contributed by atoms with Gasteiger partial charge in [-0.25, -0.2) is 0 Å². The molecule has 1 amide bonds. The largest absolute Gasteiger partial charge is 0.507 e. The van der Waals surface area contributed by atoms with Gasteiger partial charge in [-0.1, -0.05) is 29.8 Å². The number of aliphatic hydroxyl groups is 1. The van der Waals surface area contributed by atoms with Crippen LogP contribution in [0.5, 0.6) is 5.75 Å². The summed E-state index contributed by atoms with van der Waals surface area (Å²) in [5.74, 6) is -0.984. The Morgan fingerprint density at radius 1 is 1.09 bits per heavy atom. The number of pyridine rings is 1. The number of rotatable bonds is 6. The van der Waals surface area contributed by atoms with Gasteiger partial charge in [-0.05, 0) is 67.4 Å². The lowest BCUT2D eigenvalue weighted by molar-refractivity contribution is -0.140. The van der Waals surface area contributed by atoms with Gasteiger partial charge in [0.15, 0.2) is 0 Å². The van der Waals surface area contributed by atoms with Crippen molar-refractivity contribution in [2.45, 2.75) is 32.5 Å². The van der Waals surface area contributed by atoms with Crippen LogP contribution < -0.4 is 4.74 Å². The number of hydrogen-bond donors (Lipinski definition) is 1. The first-order valence-corrected chi connectivity index (χ1v) is 10.9. The smallest absolute Gasteiger partial charge is 0.295 e. The molecule has 0 bridgehead atoms. The predicted octanol–water partition coefficient (Wildman–Crippen LogP) is 5.14. The Kier molecular flexibility index (Phi) is 6.47. The molecule has 2 heterocycles. The molecule has 1 aliphatic rings. The number of likely N-dealkylation sites (tertiary alicyclic amines) is 1. The molecule has 1 fully saturated rings. The maximum Gasteiger partial charge on any atom is 0.295 e. The molecular formula is C26H23ClN2O4. The Bertz CT molecular complexity index is 1190. The maximum atomic E-state index is 13.1. The number of amides is 1. The van der Waals surface area contributed by atoms with Gasteiger partial charge in [0.05, 0.1) is 17.7 Å². The van der Waals surface area contributed by atoms with Crippen LogP contribution in [-0.2, 0) is 16.1 Å². The van der Waals surface area contributed by atoms with Gasteiger partial charge in [0.1, 0.15) is 11.5 Å². The first-order valence-electron chi connectivity index (χ1n) is 10.5. The van der Waals surface area contributed by atoms with Gasteiger partial charge in [0.2, 0.25) is 0 Å². The van der Waals surface area contributed by atoms with Crippen molar-refractivity contribution in [2.24, 2.45) is 0 Å². The van der Waals surface area contributed by atoms with Crippen molar-refractivity contribution < 1.29 is 19.4 Å². The van der Waals surface area contributed by atoms with Crippen LogP contribution in [-0.4, -0.2) is 32.8 Å². The Hall–Kier alpha value is -3.64. The van der Waals surface area contributed by atoms with E-state index < -0.39 is 17.7 Å². The van der Waals surface area contributed by atoms with E-state index in [0.29, 0.717) is 21.9 Å². The highest BCUT2D eigenvalue weighted by Crippen LogP contribution is 2.40. The topological polar surface area (TPSA) is 79.7 Å². The Labute approximate surface area is 197 Å². The number of hydrogen-bond acceptors (Lipinski definition) is 5. The zero-order valence-corrected chi connectivity index (χ0v) is 19.0. The van der Waals surface area contributed by atoms with Crippen molar-refractivity contribution >= 4 is 29.1 Å². The third-order valence-electron chi connectivity index (χ3n) is 5.30. The molecule has 7 heteroatoms. The molecule has 1 unspecified atom stereocenters. The van der Waals surface area contributed by atoms with E-state index in [1.807, 2.05) is 19.9 Å². The van der Waals surface area contributed by atoms with Crippen molar-refractivity contribution in [3.05, 3.63) is 100 Å². The van der Waals surface area contributed by atoms with Crippen molar-refractivity contribution in [1.29, 1.82) is 0 Å². The number of nitrogens with zero attached hydrogens (tertiary/aromatic N) is 2. The third-order valence-corrected chi connectivity index (χ3v) is 5.55. The van der Waals surface area contributed by atoms with Gasteiger partial charge in [0, 0.05) is 29.5 Å². The quantitative estimate of drug-likeness (QED) is 0.311. The zero-order chi connectivity index (χ0) is 23.5. The fraction of sp³-hybridized carbons (Fsp3) is 0.192. The molecule has 1 N–H and O–H groups in total. The van der Waals surface area contributed by atoms with E-state index >= 15 is 0 Å². The molecule has 0 spiro atoms. The van der Waals surface area contributed by atoms with Gasteiger partial charge >= 0.3 is 0 Å². The van der Waals surface area contributed by atoms with Gasteiger partial charge in [-0.3, -0.25) is 14.6 Å². The molecule has 6 nitrogen and oxygen atoms in total. The van der Waals surface area contributed by atoms with Crippen LogP contribution in [0.1, 0.15) is 36.6 Å². The highest BCUT2D eigenvalue weighted by Gasteiger charge is 2.46. The summed E-state index contributed by atoms with van der Waals surface area (Å²) >= 11 is 5.97. The number of aromatic nitrogens is 1. The second kappa shape index (κ2) is 9.46. The monoisotopic (exact) mass is 462 g/mol. The molecule has 0 aliphatic carbocycles. The fourth-order valence-electron chi connectivity index (χ4n) is 3.84. The van der Waals surface area contributed by atoms with Crippen molar-refractivity contribution in [3.63, 3.8) is 0 Å². The molecule has 1 aromatic heterocycles. The van der Waals surface area contributed by atoms with E-state index in [4.69, 9.17) is 16.3 Å². The second-order valence-corrected chi connectivity index (χ2v) is 8.47. The minimum Gasteiger partial charge on any atom is -0.507 e. The van der Waals surface area contributed by atoms with E-state index in [2.05, 4.69) is 4.98 Å². The van der Waals surface area contributed by atoms with E-state index in [1.165, 1.54) is 4.90 Å². The molecule has 4 rings (SSSR count). The van der Waals surface area contributed by atoms with Crippen molar-refractivity contribution in [3.8, 4) is 5.75 Å². The molecule has 33 heavy (non-hydrogen) atoms. The maximum absolute atomic E-state index is 13.1. The molecule has 3 aromatic rings. The molecule has 2 aromatic carbocycles. The van der Waals surface area contributed by atoms with E-state index in [0.717, 1.165) is 5.56 Å². The van der Waals surface area contributed by atoms with Crippen LogP contribution in [0, 0.1) is 0 Å². The Balaban J connectivity index is 1.81. The number of aliphatic hydroxyl groups excluding tert-OH is 1. The van der Waals surface area contributed by atoms with E-state index in [9.17, 15) is 14.7 Å². The standard InChI is InChI=1S/C26H23ClN2O4/c1-16(2)33-21-11-7-18(8-12-21)23-22(24(30)19-5-9-20(27)10-6-19)25(31)26(32)29(23)15-17-4-3-13-28-14-17/h3-14,16,23,30H,15H2,1-2H3. The SMILES string of the molecule is CC(C)Oc1ccc(C2C(=C(O)c3ccc(Cl)cc3)C(=O)C(=O)N2Cc2cccnc2)cc1. The summed E-state index contributed by atoms with van der Waals surface area (Å²) in [4.78, 5) is 31.7. The fourth-order valence-corrected chi connectivity index (χ4v) is 3.97. The van der Waals surface area contributed by atoms with Crippen molar-refractivity contribution in [2.75, 3.05) is 0 Å². The third kappa shape index (κ3) is 4.76. The summed E-state index contributed by atoms with van der Waals surface area (Å²) in [5, 5.41) is 11.6. The average Bonchev–Trinajstić information content (AvgIpc) is 3.05. The highest BCUT2D eigenvalue weighted by molar-refractivity contribution is 6.46. The van der Waals surface area contributed by atoms with E-state index in [1.54, 1.807) is 67.0 Å². The van der Waals surface area contributed by atoms with Crippen LogP contribution in [0.2, 0.25) is 5.02 Å². The molecule has 0 radical (unpaired) electrons. The second-order valence-electron chi connectivity index (χ2n) is 8.03. The average molecular weight is 463 g/mol. The summed E-state index contributed by atoms with van der Waals surface area (Å²) in [6, 6.07) is 16.5. The number of ether oxygens (including phenoxy) is 1. The molecule has 168 valence electrons. The summed E-state index contributed by atoms with van der Waals surface area (Å²) in [6.45, 7) is 4.04. The van der Waals surface area contributed by atoms with Crippen LogP contribution >= 0.6 is 11.6 Å². The van der Waals surface area contributed by atoms with Crippen LogP contribution in [0.4, 0.5) is 0 Å². The molecular weight excluding hydrogens is 440 g/mol. The van der Waals surface area contributed by atoms with Gasteiger partial charge in [-0.2, -0.15) is 0 Å². The number of carbonyl (C=O) groups excluding carboxylic acids is 2. The summed E-state index contributed by atoms with van der Waals surface area (Å²) in [6.07, 6.45) is 3.30. The van der Waals surface area contributed by atoms with Crippen LogP contribution in [0.15, 0.2) is 78.6 Å². The minimum absolute atomic E-state index is 0.0111. The first-order chi connectivity index (χ1) is 15.8. The number of halogens is 1. The summed E-state index contributed by atoms with van der Waals surface area (Å²) in [7, 11) is 0. The first kappa shape index (κ1) is 22.6. The van der Waals surface area contributed by atoms with Gasteiger partial charge in [0.25, 0.3) is 11.7 Å². The number of benzene rings is 2.